The molecule has 1 heterocycles. The van der Waals surface area contributed by atoms with Crippen molar-refractivity contribution in [3.05, 3.63) is 0 Å². The maximum Gasteiger partial charge on any atom is 0.414 e. The highest BCUT2D eigenvalue weighted by molar-refractivity contribution is 5.95. The SMILES string of the molecule is O=C1NC(=O)C2CCCC2O1. The van der Waals surface area contributed by atoms with Gasteiger partial charge in [0.2, 0.25) is 5.91 Å². The molecule has 1 aliphatic carbocycles. The van der Waals surface area contributed by atoms with Crippen molar-refractivity contribution in [2.45, 2.75) is 25.4 Å². The van der Waals surface area contributed by atoms with Crippen LogP contribution >= 0.6 is 0 Å². The number of ether oxygens (including phenoxy) is 1. The van der Waals surface area contributed by atoms with Gasteiger partial charge in [-0.15, -0.1) is 0 Å². The molecule has 2 unspecified atom stereocenters. The van der Waals surface area contributed by atoms with Crippen LogP contribution in [0.3, 0.4) is 0 Å². The summed E-state index contributed by atoms with van der Waals surface area (Å²) in [7, 11) is 0. The lowest BCUT2D eigenvalue weighted by Gasteiger charge is -2.24. The first kappa shape index (κ1) is 6.64. The molecular weight excluding hydrogens is 146 g/mol. The van der Waals surface area contributed by atoms with Crippen molar-refractivity contribution in [1.82, 2.24) is 5.32 Å². The number of nitrogens with one attached hydrogen (secondary N) is 1. The minimum Gasteiger partial charge on any atom is -0.445 e. The molecule has 1 aliphatic heterocycles. The van der Waals surface area contributed by atoms with Crippen molar-refractivity contribution in [1.29, 1.82) is 0 Å². The van der Waals surface area contributed by atoms with Crippen molar-refractivity contribution in [2.24, 2.45) is 5.92 Å². The molecule has 2 amide bonds. The molecule has 0 spiro atoms. The summed E-state index contributed by atoms with van der Waals surface area (Å²) >= 11 is 0. The van der Waals surface area contributed by atoms with E-state index >= 15 is 0 Å². The summed E-state index contributed by atoms with van der Waals surface area (Å²) in [6.07, 6.45) is 1.94. The molecule has 0 aromatic rings. The third-order valence-corrected chi connectivity index (χ3v) is 2.27. The number of fused-ring (bicyclic) bond motifs is 1. The summed E-state index contributed by atoms with van der Waals surface area (Å²) in [6.45, 7) is 0. The van der Waals surface area contributed by atoms with E-state index in [0.29, 0.717) is 0 Å². The first-order chi connectivity index (χ1) is 5.27. The van der Waals surface area contributed by atoms with Crippen LogP contribution in [-0.4, -0.2) is 18.1 Å². The van der Waals surface area contributed by atoms with Crippen LogP contribution in [0.1, 0.15) is 19.3 Å². The van der Waals surface area contributed by atoms with E-state index in [0.717, 1.165) is 19.3 Å². The Labute approximate surface area is 63.9 Å². The van der Waals surface area contributed by atoms with E-state index in [1.165, 1.54) is 0 Å². The topological polar surface area (TPSA) is 55.4 Å². The smallest absolute Gasteiger partial charge is 0.414 e. The standard InChI is InChI=1S/C7H9NO3/c9-6-4-2-1-3-5(4)11-7(10)8-6/h4-5H,1-3H2,(H,8,9,10). The molecule has 4 nitrogen and oxygen atoms in total. The summed E-state index contributed by atoms with van der Waals surface area (Å²) in [6, 6.07) is 0. The Morgan fingerprint density at radius 3 is 3.00 bits per heavy atom. The lowest BCUT2D eigenvalue weighted by atomic mass is 10.0. The Hall–Kier alpha value is -1.06. The number of imide groups is 1. The molecule has 2 atom stereocenters. The molecule has 0 radical (unpaired) electrons. The number of rotatable bonds is 0. The minimum absolute atomic E-state index is 0.0762. The number of amides is 2. The molecule has 1 saturated heterocycles. The summed E-state index contributed by atoms with van der Waals surface area (Å²) < 4.78 is 4.91. The Kier molecular flexibility index (Phi) is 1.34. The van der Waals surface area contributed by atoms with Gasteiger partial charge >= 0.3 is 6.09 Å². The fraction of sp³-hybridized carbons (Fsp3) is 0.714. The number of carbonyl (C=O) groups excluding carboxylic acids is 2. The van der Waals surface area contributed by atoms with E-state index in [2.05, 4.69) is 5.32 Å². The van der Waals surface area contributed by atoms with Gasteiger partial charge in [-0.25, -0.2) is 4.79 Å². The highest BCUT2D eigenvalue weighted by Gasteiger charge is 2.40. The molecule has 1 N–H and O–H groups in total. The van der Waals surface area contributed by atoms with E-state index < -0.39 is 6.09 Å². The van der Waals surface area contributed by atoms with Gasteiger partial charge in [0.15, 0.2) is 0 Å². The van der Waals surface area contributed by atoms with E-state index in [4.69, 9.17) is 4.74 Å². The number of hydrogen-bond donors (Lipinski definition) is 1. The average molecular weight is 155 g/mol. The van der Waals surface area contributed by atoms with E-state index in [1.807, 2.05) is 0 Å². The summed E-state index contributed by atoms with van der Waals surface area (Å²) in [5, 5.41) is 2.15. The summed E-state index contributed by atoms with van der Waals surface area (Å²) in [5.41, 5.74) is 0. The molecule has 2 aliphatic rings. The molecule has 60 valence electrons. The second-order valence-electron chi connectivity index (χ2n) is 2.97. The second kappa shape index (κ2) is 2.22. The molecule has 1 saturated carbocycles. The van der Waals surface area contributed by atoms with E-state index in [-0.39, 0.29) is 17.9 Å². The Morgan fingerprint density at radius 1 is 1.36 bits per heavy atom. The zero-order valence-corrected chi connectivity index (χ0v) is 6.00. The number of alkyl carbamates (subject to hydrolysis) is 1. The van der Waals surface area contributed by atoms with Crippen LogP contribution in [0.25, 0.3) is 0 Å². The van der Waals surface area contributed by atoms with Crippen LogP contribution in [0.4, 0.5) is 4.79 Å². The monoisotopic (exact) mass is 155 g/mol. The van der Waals surface area contributed by atoms with E-state index in [9.17, 15) is 9.59 Å². The molecule has 0 bridgehead atoms. The van der Waals surface area contributed by atoms with Crippen molar-refractivity contribution < 1.29 is 14.3 Å². The van der Waals surface area contributed by atoms with Crippen LogP contribution in [0.2, 0.25) is 0 Å². The van der Waals surface area contributed by atoms with Gasteiger partial charge < -0.3 is 4.74 Å². The van der Waals surface area contributed by atoms with Gasteiger partial charge in [0.05, 0.1) is 5.92 Å². The Morgan fingerprint density at radius 2 is 2.18 bits per heavy atom. The van der Waals surface area contributed by atoms with Gasteiger partial charge in [-0.05, 0) is 19.3 Å². The largest absolute Gasteiger partial charge is 0.445 e. The molecule has 4 heteroatoms. The first-order valence-corrected chi connectivity index (χ1v) is 3.79. The van der Waals surface area contributed by atoms with Crippen LogP contribution in [0.5, 0.6) is 0 Å². The van der Waals surface area contributed by atoms with Crippen LogP contribution < -0.4 is 5.32 Å². The fourth-order valence-electron chi connectivity index (χ4n) is 1.73. The third kappa shape index (κ3) is 0.982. The van der Waals surface area contributed by atoms with Crippen LogP contribution in [0, 0.1) is 5.92 Å². The van der Waals surface area contributed by atoms with Gasteiger partial charge in [-0.3, -0.25) is 10.1 Å². The maximum absolute atomic E-state index is 11.1. The molecule has 11 heavy (non-hydrogen) atoms. The summed E-state index contributed by atoms with van der Waals surface area (Å²) in [4.78, 5) is 21.7. The van der Waals surface area contributed by atoms with Crippen LogP contribution in [-0.2, 0) is 9.53 Å². The lowest BCUT2D eigenvalue weighted by molar-refractivity contribution is -0.130. The molecule has 0 aromatic heterocycles. The predicted octanol–water partition coefficient (Wildman–Crippen LogP) is 0.421. The second-order valence-corrected chi connectivity index (χ2v) is 2.97. The van der Waals surface area contributed by atoms with Gasteiger partial charge in [0.1, 0.15) is 6.10 Å². The van der Waals surface area contributed by atoms with E-state index in [1.54, 1.807) is 0 Å². The maximum atomic E-state index is 11.1. The molecule has 2 rings (SSSR count). The zero-order valence-electron chi connectivity index (χ0n) is 6.00. The summed E-state index contributed by atoms with van der Waals surface area (Å²) in [5.74, 6) is -0.239. The van der Waals surface area contributed by atoms with Crippen molar-refractivity contribution in [3.63, 3.8) is 0 Å². The predicted molar refractivity (Wildman–Crippen MR) is 35.8 cm³/mol. The zero-order chi connectivity index (χ0) is 7.84. The number of hydrogen-bond acceptors (Lipinski definition) is 3. The van der Waals surface area contributed by atoms with Crippen LogP contribution in [0.15, 0.2) is 0 Å². The quantitative estimate of drug-likeness (QED) is 0.551. The van der Waals surface area contributed by atoms with Crippen molar-refractivity contribution in [3.8, 4) is 0 Å². The molecular formula is C7H9NO3. The third-order valence-electron chi connectivity index (χ3n) is 2.27. The fourth-order valence-corrected chi connectivity index (χ4v) is 1.73. The van der Waals surface area contributed by atoms with Crippen molar-refractivity contribution in [2.75, 3.05) is 0 Å². The Bertz CT molecular complexity index is 214. The van der Waals surface area contributed by atoms with Crippen molar-refractivity contribution >= 4 is 12.0 Å². The number of carbonyl (C=O) groups is 2. The minimum atomic E-state index is -0.585. The van der Waals surface area contributed by atoms with Gasteiger partial charge in [0.25, 0.3) is 0 Å². The molecule has 2 fully saturated rings. The first-order valence-electron chi connectivity index (χ1n) is 3.79. The normalized spacial score (nSPS) is 36.0. The highest BCUT2D eigenvalue weighted by atomic mass is 16.6. The van der Waals surface area contributed by atoms with Gasteiger partial charge in [0, 0.05) is 0 Å². The lowest BCUT2D eigenvalue weighted by Crippen LogP contribution is -2.47. The molecule has 0 aromatic carbocycles. The van der Waals surface area contributed by atoms with Gasteiger partial charge in [-0.2, -0.15) is 0 Å². The highest BCUT2D eigenvalue weighted by Crippen LogP contribution is 2.30. The Balaban J connectivity index is 2.16. The van der Waals surface area contributed by atoms with Gasteiger partial charge in [-0.1, -0.05) is 0 Å². The average Bonchev–Trinajstić information content (AvgIpc) is 2.34.